The molecule has 1 atom stereocenters. The summed E-state index contributed by atoms with van der Waals surface area (Å²) in [6, 6.07) is 5.10. The second kappa shape index (κ2) is 7.60. The molecule has 0 amide bonds. The van der Waals surface area contributed by atoms with Crippen molar-refractivity contribution in [1.29, 1.82) is 0 Å². The minimum absolute atomic E-state index is 0.166. The Labute approximate surface area is 121 Å². The first-order valence-corrected chi connectivity index (χ1v) is 7.56. The molecule has 1 aromatic carbocycles. The summed E-state index contributed by atoms with van der Waals surface area (Å²) in [6.45, 7) is 8.54. The molecule has 0 saturated carbocycles. The van der Waals surface area contributed by atoms with E-state index < -0.39 is 0 Å². The molecule has 2 rings (SSSR count). The Bertz CT molecular complexity index is 425. The Morgan fingerprint density at radius 2 is 2.30 bits per heavy atom. The van der Waals surface area contributed by atoms with Crippen LogP contribution in [-0.2, 0) is 11.3 Å². The molecular formula is C16H25FN2O. The lowest BCUT2D eigenvalue weighted by Crippen LogP contribution is -2.31. The Kier molecular flexibility index (Phi) is 5.80. The molecule has 3 nitrogen and oxygen atoms in total. The van der Waals surface area contributed by atoms with Crippen LogP contribution in [0.4, 0.5) is 10.1 Å². The van der Waals surface area contributed by atoms with Crippen molar-refractivity contribution >= 4 is 5.69 Å². The van der Waals surface area contributed by atoms with Gasteiger partial charge in [0.05, 0.1) is 6.10 Å². The summed E-state index contributed by atoms with van der Waals surface area (Å²) in [5.74, 6) is -0.166. The number of nitrogens with one attached hydrogen (secondary N) is 1. The van der Waals surface area contributed by atoms with E-state index in [2.05, 4.69) is 24.1 Å². The minimum atomic E-state index is -0.166. The Morgan fingerprint density at radius 3 is 3.10 bits per heavy atom. The molecule has 1 unspecified atom stereocenters. The minimum Gasteiger partial charge on any atom is -0.377 e. The van der Waals surface area contributed by atoms with Gasteiger partial charge in [0.25, 0.3) is 0 Å². The van der Waals surface area contributed by atoms with Crippen molar-refractivity contribution in [2.45, 2.75) is 39.3 Å². The van der Waals surface area contributed by atoms with E-state index in [1.165, 1.54) is 0 Å². The number of rotatable bonds is 5. The van der Waals surface area contributed by atoms with Gasteiger partial charge < -0.3 is 15.0 Å². The zero-order valence-electron chi connectivity index (χ0n) is 12.5. The third-order valence-electron chi connectivity index (χ3n) is 3.58. The molecule has 0 aliphatic carbocycles. The van der Waals surface area contributed by atoms with Crippen LogP contribution in [0.25, 0.3) is 0 Å². The maximum absolute atomic E-state index is 13.5. The van der Waals surface area contributed by atoms with Crippen LogP contribution in [0.15, 0.2) is 18.2 Å². The van der Waals surface area contributed by atoms with Crippen molar-refractivity contribution in [1.82, 2.24) is 5.32 Å². The van der Waals surface area contributed by atoms with Crippen molar-refractivity contribution in [3.63, 3.8) is 0 Å². The van der Waals surface area contributed by atoms with Crippen molar-refractivity contribution in [2.24, 2.45) is 0 Å². The van der Waals surface area contributed by atoms with Gasteiger partial charge in [-0.1, -0.05) is 6.92 Å². The van der Waals surface area contributed by atoms with E-state index in [0.717, 1.165) is 50.3 Å². The second-order valence-electron chi connectivity index (χ2n) is 5.43. The predicted octanol–water partition coefficient (Wildman–Crippen LogP) is 2.94. The van der Waals surface area contributed by atoms with Gasteiger partial charge in [0.2, 0.25) is 0 Å². The summed E-state index contributed by atoms with van der Waals surface area (Å²) in [4.78, 5) is 2.32. The van der Waals surface area contributed by atoms with Gasteiger partial charge in [-0.25, -0.2) is 4.39 Å². The fraction of sp³-hybridized carbons (Fsp3) is 0.625. The molecule has 0 aromatic heterocycles. The van der Waals surface area contributed by atoms with Gasteiger partial charge in [0, 0.05) is 31.9 Å². The number of anilines is 1. The predicted molar refractivity (Wildman–Crippen MR) is 80.6 cm³/mol. The van der Waals surface area contributed by atoms with Crippen LogP contribution < -0.4 is 10.2 Å². The van der Waals surface area contributed by atoms with Crippen LogP contribution in [0, 0.1) is 5.82 Å². The molecule has 1 aliphatic heterocycles. The second-order valence-corrected chi connectivity index (χ2v) is 5.43. The van der Waals surface area contributed by atoms with Gasteiger partial charge in [0.15, 0.2) is 0 Å². The standard InChI is InChI=1S/C16H25FN2O/c1-3-7-18-11-14-10-15(17)5-6-16(14)19-8-4-9-20-13(2)12-19/h5-6,10,13,18H,3-4,7-9,11-12H2,1-2H3. The van der Waals surface area contributed by atoms with Gasteiger partial charge in [-0.15, -0.1) is 0 Å². The van der Waals surface area contributed by atoms with Crippen LogP contribution in [0.3, 0.4) is 0 Å². The molecule has 1 N–H and O–H groups in total. The molecule has 0 radical (unpaired) electrons. The number of halogens is 1. The molecule has 1 saturated heterocycles. The van der Waals surface area contributed by atoms with Crippen LogP contribution in [0.1, 0.15) is 32.3 Å². The number of ether oxygens (including phenoxy) is 1. The summed E-state index contributed by atoms with van der Waals surface area (Å²) in [5.41, 5.74) is 2.17. The summed E-state index contributed by atoms with van der Waals surface area (Å²) in [7, 11) is 0. The topological polar surface area (TPSA) is 24.5 Å². The Balaban J connectivity index is 2.15. The van der Waals surface area contributed by atoms with Crippen LogP contribution in [0.5, 0.6) is 0 Å². The molecule has 1 aromatic rings. The molecule has 0 bridgehead atoms. The Morgan fingerprint density at radius 1 is 1.45 bits per heavy atom. The molecule has 1 fully saturated rings. The highest BCUT2D eigenvalue weighted by Crippen LogP contribution is 2.24. The zero-order chi connectivity index (χ0) is 14.4. The lowest BCUT2D eigenvalue weighted by atomic mass is 10.1. The van der Waals surface area contributed by atoms with E-state index in [4.69, 9.17) is 4.74 Å². The molecule has 1 aliphatic rings. The van der Waals surface area contributed by atoms with Crippen molar-refractivity contribution in [2.75, 3.05) is 31.1 Å². The SMILES string of the molecule is CCCNCc1cc(F)ccc1N1CCCOC(C)C1. The largest absolute Gasteiger partial charge is 0.377 e. The summed E-state index contributed by atoms with van der Waals surface area (Å²) < 4.78 is 19.2. The molecular weight excluding hydrogens is 255 g/mol. The quantitative estimate of drug-likeness (QED) is 0.839. The third kappa shape index (κ3) is 4.18. The average molecular weight is 280 g/mol. The highest BCUT2D eigenvalue weighted by atomic mass is 19.1. The summed E-state index contributed by atoms with van der Waals surface area (Å²) >= 11 is 0. The maximum Gasteiger partial charge on any atom is 0.123 e. The fourth-order valence-electron chi connectivity index (χ4n) is 2.62. The smallest absolute Gasteiger partial charge is 0.123 e. The molecule has 1 heterocycles. The first kappa shape index (κ1) is 15.3. The van der Waals surface area contributed by atoms with Crippen molar-refractivity contribution in [3.8, 4) is 0 Å². The number of hydrogen-bond donors (Lipinski definition) is 1. The third-order valence-corrected chi connectivity index (χ3v) is 3.58. The normalized spacial score (nSPS) is 19.9. The molecule has 112 valence electrons. The molecule has 20 heavy (non-hydrogen) atoms. The number of benzene rings is 1. The van der Waals surface area contributed by atoms with Crippen LogP contribution >= 0.6 is 0 Å². The van der Waals surface area contributed by atoms with E-state index in [0.29, 0.717) is 6.54 Å². The fourth-order valence-corrected chi connectivity index (χ4v) is 2.62. The van der Waals surface area contributed by atoms with E-state index in [1.807, 2.05) is 6.07 Å². The van der Waals surface area contributed by atoms with E-state index in [1.54, 1.807) is 12.1 Å². The van der Waals surface area contributed by atoms with E-state index in [9.17, 15) is 4.39 Å². The highest BCUT2D eigenvalue weighted by Gasteiger charge is 2.18. The van der Waals surface area contributed by atoms with Crippen molar-refractivity contribution in [3.05, 3.63) is 29.6 Å². The van der Waals surface area contributed by atoms with Crippen LogP contribution in [-0.4, -0.2) is 32.3 Å². The zero-order valence-corrected chi connectivity index (χ0v) is 12.5. The van der Waals surface area contributed by atoms with Crippen molar-refractivity contribution < 1.29 is 9.13 Å². The molecule has 0 spiro atoms. The summed E-state index contributed by atoms with van der Waals surface area (Å²) in [6.07, 6.45) is 2.32. The van der Waals surface area contributed by atoms with Gasteiger partial charge in [-0.3, -0.25) is 0 Å². The van der Waals surface area contributed by atoms with E-state index >= 15 is 0 Å². The first-order chi connectivity index (χ1) is 9.70. The maximum atomic E-state index is 13.5. The lowest BCUT2D eigenvalue weighted by Gasteiger charge is -2.27. The van der Waals surface area contributed by atoms with Crippen LogP contribution in [0.2, 0.25) is 0 Å². The number of hydrogen-bond acceptors (Lipinski definition) is 3. The monoisotopic (exact) mass is 280 g/mol. The van der Waals surface area contributed by atoms with Gasteiger partial charge in [-0.2, -0.15) is 0 Å². The highest BCUT2D eigenvalue weighted by molar-refractivity contribution is 5.54. The van der Waals surface area contributed by atoms with Gasteiger partial charge in [-0.05, 0) is 50.1 Å². The summed E-state index contributed by atoms with van der Waals surface area (Å²) in [5, 5.41) is 3.36. The van der Waals surface area contributed by atoms with Gasteiger partial charge >= 0.3 is 0 Å². The molecule has 4 heteroatoms. The Hall–Kier alpha value is -1.13. The first-order valence-electron chi connectivity index (χ1n) is 7.56. The van der Waals surface area contributed by atoms with Gasteiger partial charge in [0.1, 0.15) is 5.82 Å². The van der Waals surface area contributed by atoms with E-state index in [-0.39, 0.29) is 11.9 Å². The lowest BCUT2D eigenvalue weighted by molar-refractivity contribution is 0.0821. The average Bonchev–Trinajstić information content (AvgIpc) is 2.64. The number of nitrogens with zero attached hydrogens (tertiary/aromatic N) is 1.